The number of benzene rings is 4. The Morgan fingerprint density at radius 3 is 1.25 bits per heavy atom. The van der Waals surface area contributed by atoms with E-state index in [0.717, 1.165) is 138 Å². The maximum atomic E-state index is 12.4. The van der Waals surface area contributed by atoms with Gasteiger partial charge in [-0.2, -0.15) is 0 Å². The molecule has 0 bridgehead atoms. The van der Waals surface area contributed by atoms with Crippen LogP contribution in [0.15, 0.2) is 352 Å². The summed E-state index contributed by atoms with van der Waals surface area (Å²) in [5.41, 5.74) is 13.9. The first-order valence-electron chi connectivity index (χ1n) is 44.0. The molecule has 3 unspecified atom stereocenters. The molecule has 4 heterocycles. The summed E-state index contributed by atoms with van der Waals surface area (Å²) in [6.45, 7) is 19.2. The van der Waals surface area contributed by atoms with E-state index in [0.29, 0.717) is 65.6 Å². The molecule has 8 aliphatic carbocycles. The van der Waals surface area contributed by atoms with Crippen LogP contribution in [-0.4, -0.2) is 29.8 Å². The fraction of sp³-hybridized carbons (Fsp3) is 0.269. The molecule has 1 aromatic heterocycles. The first kappa shape index (κ1) is 125. The van der Waals surface area contributed by atoms with Crippen molar-refractivity contribution in [3.8, 4) is 11.5 Å². The van der Waals surface area contributed by atoms with Gasteiger partial charge in [-0.15, -0.1) is 0 Å². The smallest absolute Gasteiger partial charge is 0.504 e. The number of rotatable bonds is 23. The van der Waals surface area contributed by atoms with Crippen molar-refractivity contribution in [2.45, 2.75) is 162 Å². The van der Waals surface area contributed by atoms with Gasteiger partial charge in [0.1, 0.15) is 12.4 Å². The zero-order valence-electron chi connectivity index (χ0n) is 82.5. The Hall–Kier alpha value is -9.63. The number of allylic oxidation sites excluding steroid dienone is 33. The molecule has 11 aliphatic rings. The van der Waals surface area contributed by atoms with Crippen molar-refractivity contribution in [1.29, 1.82) is 0 Å². The van der Waals surface area contributed by atoms with Crippen LogP contribution in [0.2, 0.25) is 0 Å². The standard InChI is InChI=1S/C31H29Br2NO4.C30H31NO2.C29H28N2O2.C6H8.3C5H6.8CH3.4Fe/c1-31(15-5-4-8-20-6-2-3-7-20)25-18-22(33)11-14-26(25)34(16-17-38-23-12-9-21(32)10-13-23)27(31)19-24-28(35)30(37)29(24)36;1-20-14-15-26-25(17-20)30(3,16-8-13-22-9-4-5-10-22)27(18-24-21(2)28(32)29(24)33)31(26)19-23-11-6-7-12-23;1-19-10-11-25-24(15-19)29(3,13-12-21-7-4-5-8-21)26(16-23-20(2)27(32)28(23)33)31(25)18-22-9-6-14-30-17-22;1-6-4-2-3-5-6;3*1-2-4-5-3-1;;;;;;;;;;;;/h2-3,6-7,9-14,18-20,35H,4-5,8,15-17H2,1H3;4-7,9-12,14-15,17-18,22-23H,8,13,16,19H2,1-3H3;4-11,14-17,21H,12-13,18H2,1-3H3;2-4H,5H2,1H3;3*1-4H,5H2;8*1H3;;;;/q;;;;;;;8*-1;4*+2/b27-19+;27-18+;26-16+;;;;;;;;;;;;;;;;. The van der Waals surface area contributed by atoms with E-state index in [9.17, 15) is 33.9 Å². The Morgan fingerprint density at radius 2 is 0.818 bits per heavy atom. The Kier molecular flexibility index (Phi) is 54.1. The van der Waals surface area contributed by atoms with E-state index < -0.39 is 22.0 Å². The van der Waals surface area contributed by atoms with Crippen molar-refractivity contribution in [3.05, 3.63) is 505 Å². The van der Waals surface area contributed by atoms with Gasteiger partial charge in [-0.1, -0.05) is 287 Å². The maximum absolute atomic E-state index is 12.4. The van der Waals surface area contributed by atoms with Gasteiger partial charge in [0, 0.05) is 113 Å². The number of halogens is 2. The average Bonchev–Trinajstić information content (AvgIpc) is 1.58. The molecule has 0 radical (unpaired) electrons. The maximum Gasteiger partial charge on any atom is 2.00 e. The van der Waals surface area contributed by atoms with Gasteiger partial charge in [0.25, 0.3) is 5.43 Å². The average molecular weight is 2140 g/mol. The third-order valence-corrected chi connectivity index (χ3v) is 26.4. The molecule has 19 rings (SSSR count). The van der Waals surface area contributed by atoms with Crippen LogP contribution in [0, 0.1) is 111 Å². The topological polar surface area (TPSA) is 154 Å². The van der Waals surface area contributed by atoms with Crippen LogP contribution in [0.5, 0.6) is 11.5 Å². The van der Waals surface area contributed by atoms with Crippen molar-refractivity contribution in [1.82, 2.24) is 4.98 Å². The van der Waals surface area contributed by atoms with E-state index >= 15 is 0 Å². The van der Waals surface area contributed by atoms with E-state index in [1.54, 1.807) is 26.1 Å². The van der Waals surface area contributed by atoms with Crippen molar-refractivity contribution < 1.29 is 78.1 Å². The molecule has 0 saturated heterocycles. The fourth-order valence-electron chi connectivity index (χ4n) is 18.0. The van der Waals surface area contributed by atoms with Crippen molar-refractivity contribution in [2.75, 3.05) is 34.4 Å². The van der Waals surface area contributed by atoms with E-state index in [1.165, 1.54) is 39.9 Å². The number of ether oxygens (including phenoxy) is 1. The van der Waals surface area contributed by atoms with Crippen LogP contribution < -0.4 is 52.0 Å². The first-order valence-corrected chi connectivity index (χ1v) is 45.6. The number of hydrogen-bond donors (Lipinski definition) is 1. The van der Waals surface area contributed by atoms with E-state index in [1.807, 2.05) is 54.7 Å². The van der Waals surface area contributed by atoms with Crippen LogP contribution in [0.25, 0.3) is 18.2 Å². The fourth-order valence-corrected chi connectivity index (χ4v) is 18.6. The number of hydrogen-bond acceptors (Lipinski definition) is 12. The number of nitrogens with zero attached hydrogens (tertiary/aromatic N) is 4. The summed E-state index contributed by atoms with van der Waals surface area (Å²) in [5.74, 6) is 2.08. The largest absolute Gasteiger partial charge is 2.00 e. The number of unbranched alkanes of at least 4 members (excludes halogenated alkanes) is 1. The van der Waals surface area contributed by atoms with E-state index in [-0.39, 0.29) is 166 Å². The number of fused-ring (bicyclic) bond motifs is 3. The van der Waals surface area contributed by atoms with Crippen LogP contribution >= 0.6 is 31.9 Å². The van der Waals surface area contributed by atoms with E-state index in [4.69, 9.17) is 4.74 Å². The normalized spacial score (nSPS) is 18.8. The molecular formula is C119H138Br2Fe4N4O8. The Balaban J connectivity index is 0.000000887. The molecule has 728 valence electrons. The van der Waals surface area contributed by atoms with Crippen molar-refractivity contribution in [3.63, 3.8) is 0 Å². The summed E-state index contributed by atoms with van der Waals surface area (Å²) in [6.07, 6.45) is 89.4. The SMILES string of the molecule is C1=CCC=C1.C1=CCC=C1.C1=CCC=C1.CC1(CCCCC2C=CC=C2)/C(=C\c2c(O)c(=O)c2=O)N(CCOc2ccc(Br)cc2)c2ccc(Br)cc21.CC1=CC=CC1.Cc1ccc2c(c1)C(C)(CCC1C=CC=C1)/C(=C\c1c(C)c(=O)c1=O)N2Cc1cccnc1.Cc1ccc2c(c1)C(C)(CCCC1C=CC=C1)/C(=C\c1c(C)c(=O)c1=O)N2CC1C=CC=C1.[CH3-].[CH3-].[CH3-].[CH3-].[CH3-].[CH3-].[CH3-].[CH3-].[Fe+2].[Fe+2].[Fe+2].[Fe+2]. The molecule has 8 aromatic rings. The quantitative estimate of drug-likeness (QED) is 0.0280. The molecule has 3 atom stereocenters. The molecule has 0 fully saturated rings. The summed E-state index contributed by atoms with van der Waals surface area (Å²) in [4.78, 5) is 84.1. The monoisotopic (exact) mass is 2130 g/mol. The molecule has 0 spiro atoms. The van der Waals surface area contributed by atoms with Crippen molar-refractivity contribution in [2.24, 2.45) is 23.7 Å². The summed E-state index contributed by atoms with van der Waals surface area (Å²) < 4.78 is 8.01. The van der Waals surface area contributed by atoms with Gasteiger partial charge in [0.15, 0.2) is 5.75 Å². The Labute approximate surface area is 879 Å². The van der Waals surface area contributed by atoms with Crippen LogP contribution in [0.1, 0.15) is 172 Å². The third-order valence-electron chi connectivity index (χ3n) is 25.4. The summed E-state index contributed by atoms with van der Waals surface area (Å²) in [7, 11) is 0. The number of pyridine rings is 1. The first-order chi connectivity index (χ1) is 60.4. The molecule has 0 saturated carbocycles. The third kappa shape index (κ3) is 30.7. The number of anilines is 3. The molecule has 7 aromatic carbocycles. The second-order valence-corrected chi connectivity index (χ2v) is 36.3. The minimum atomic E-state index is -0.820. The predicted molar refractivity (Wildman–Crippen MR) is 579 cm³/mol. The van der Waals surface area contributed by atoms with Crippen LogP contribution in [-0.2, 0) is 91.1 Å². The van der Waals surface area contributed by atoms with Crippen molar-refractivity contribution >= 4 is 67.2 Å². The predicted octanol–water partition coefficient (Wildman–Crippen LogP) is 27.8. The minimum absolute atomic E-state index is 0. The second kappa shape index (κ2) is 59.1. The summed E-state index contributed by atoms with van der Waals surface area (Å²) in [5, 5.41) is 10.2. The summed E-state index contributed by atoms with van der Waals surface area (Å²) >= 11 is 7.09. The Morgan fingerprint density at radius 1 is 0.416 bits per heavy atom. The molecular weight excluding hydrogens is 2000 g/mol. The zero-order valence-corrected chi connectivity index (χ0v) is 90.1. The molecule has 3 aliphatic heterocycles. The minimum Gasteiger partial charge on any atom is -0.504 e. The number of aromatic nitrogens is 1. The van der Waals surface area contributed by atoms with E-state index in [2.05, 4.69) is 336 Å². The summed E-state index contributed by atoms with van der Waals surface area (Å²) in [6, 6.07) is 31.3. The van der Waals surface area contributed by atoms with Gasteiger partial charge in [0.2, 0.25) is 27.1 Å². The second-order valence-electron chi connectivity index (χ2n) is 34.4. The number of aryl methyl sites for hydroxylation is 2. The van der Waals surface area contributed by atoms with Gasteiger partial charge in [-0.3, -0.25) is 33.8 Å². The van der Waals surface area contributed by atoms with Gasteiger partial charge >= 0.3 is 68.3 Å². The molecule has 12 nitrogen and oxygen atoms in total. The molecule has 0 amide bonds. The van der Waals surface area contributed by atoms with Gasteiger partial charge in [-0.25, -0.2) is 0 Å². The van der Waals surface area contributed by atoms with Gasteiger partial charge < -0.3 is 84.0 Å². The van der Waals surface area contributed by atoms with Crippen LogP contribution in [0.3, 0.4) is 0 Å². The molecule has 1 N–H and O–H groups in total. The molecule has 18 heteroatoms. The zero-order chi connectivity index (χ0) is 88.2. The molecule has 137 heavy (non-hydrogen) atoms. The number of aromatic hydroxyl groups is 1. The van der Waals surface area contributed by atoms with Crippen LogP contribution in [0.4, 0.5) is 17.1 Å². The van der Waals surface area contributed by atoms with Gasteiger partial charge in [0.05, 0.1) is 12.1 Å². The van der Waals surface area contributed by atoms with Gasteiger partial charge in [-0.05, 0) is 238 Å². The Bertz CT molecular complexity index is 6010.